The first-order valence-corrected chi connectivity index (χ1v) is 3.35. The fraction of sp³-hybridized carbons (Fsp3) is 0.143. The highest BCUT2D eigenvalue weighted by Gasteiger charge is 2.37. The Labute approximate surface area is 76.5 Å². The molecule has 0 saturated carbocycles. The Morgan fingerprint density at radius 2 is 2.14 bits per heavy atom. The van der Waals surface area contributed by atoms with Crippen molar-refractivity contribution in [2.75, 3.05) is 0 Å². The van der Waals surface area contributed by atoms with Gasteiger partial charge in [-0.1, -0.05) is 0 Å². The number of halogens is 3. The van der Waals surface area contributed by atoms with Gasteiger partial charge in [-0.2, -0.15) is 13.2 Å². The number of carbonyl (C=O) groups excluding carboxylic acids is 1. The lowest BCUT2D eigenvalue weighted by atomic mass is 10.2. The van der Waals surface area contributed by atoms with E-state index in [1.54, 1.807) is 0 Å². The maximum absolute atomic E-state index is 12.2. The fourth-order valence-corrected chi connectivity index (χ4v) is 0.797. The molecular weight excluding hydrogens is 199 g/mol. The van der Waals surface area contributed by atoms with Crippen LogP contribution in [-0.2, 0) is 6.18 Å². The van der Waals surface area contributed by atoms with Gasteiger partial charge in [0.1, 0.15) is 6.33 Å². The third-order valence-corrected chi connectivity index (χ3v) is 1.35. The van der Waals surface area contributed by atoms with Crippen molar-refractivity contribution in [3.8, 4) is 0 Å². The molecule has 4 nitrogen and oxygen atoms in total. The number of aliphatic imine (C=N–C) groups is 1. The van der Waals surface area contributed by atoms with Crippen LogP contribution < -0.4 is 0 Å². The minimum Gasteiger partial charge on any atom is -0.267 e. The monoisotopic (exact) mass is 203 g/mol. The number of hydrogen-bond donors (Lipinski definition) is 0. The number of carbonyl (C=O) groups is 1. The summed E-state index contributed by atoms with van der Waals surface area (Å²) in [6.07, 6.45) is -3.23. The summed E-state index contributed by atoms with van der Waals surface area (Å²) < 4.78 is 36.7. The maximum Gasteiger partial charge on any atom is 0.434 e. The summed E-state index contributed by atoms with van der Waals surface area (Å²) in [5.41, 5.74) is -2.00. The quantitative estimate of drug-likeness (QED) is 0.647. The molecule has 0 atom stereocenters. The van der Waals surface area contributed by atoms with E-state index in [1.165, 1.54) is 0 Å². The SMILES string of the molecule is C=NC(=O)c1cncnc1C(F)(F)F. The number of aromatic nitrogens is 2. The zero-order chi connectivity index (χ0) is 10.8. The van der Waals surface area contributed by atoms with Crippen molar-refractivity contribution in [1.29, 1.82) is 0 Å². The van der Waals surface area contributed by atoms with Crippen LogP contribution in [0.1, 0.15) is 16.1 Å². The Hall–Kier alpha value is -1.79. The first-order valence-electron chi connectivity index (χ1n) is 3.35. The Bertz CT molecular complexity index is 375. The number of hydrogen-bond acceptors (Lipinski definition) is 3. The van der Waals surface area contributed by atoms with E-state index in [1.807, 2.05) is 0 Å². The molecule has 14 heavy (non-hydrogen) atoms. The Morgan fingerprint density at radius 3 is 2.64 bits per heavy atom. The van der Waals surface area contributed by atoms with Crippen LogP contribution in [0.3, 0.4) is 0 Å². The van der Waals surface area contributed by atoms with E-state index in [2.05, 4.69) is 21.7 Å². The summed E-state index contributed by atoms with van der Waals surface area (Å²) in [7, 11) is 0. The van der Waals surface area contributed by atoms with E-state index in [9.17, 15) is 18.0 Å². The molecule has 0 N–H and O–H groups in total. The van der Waals surface area contributed by atoms with Crippen LogP contribution in [0.15, 0.2) is 17.5 Å². The lowest BCUT2D eigenvalue weighted by Crippen LogP contribution is -2.14. The summed E-state index contributed by atoms with van der Waals surface area (Å²) in [5, 5.41) is 0. The molecule has 0 saturated heterocycles. The van der Waals surface area contributed by atoms with Crippen molar-refractivity contribution in [3.63, 3.8) is 0 Å². The average molecular weight is 203 g/mol. The van der Waals surface area contributed by atoms with Crippen molar-refractivity contribution in [1.82, 2.24) is 9.97 Å². The Kier molecular flexibility index (Phi) is 2.59. The van der Waals surface area contributed by atoms with Gasteiger partial charge in [-0.15, -0.1) is 0 Å². The van der Waals surface area contributed by atoms with Crippen molar-refractivity contribution in [3.05, 3.63) is 23.8 Å². The smallest absolute Gasteiger partial charge is 0.267 e. The highest BCUT2D eigenvalue weighted by atomic mass is 19.4. The molecule has 1 rings (SSSR count). The summed E-state index contributed by atoms with van der Waals surface area (Å²) in [4.78, 5) is 20.0. The molecule has 0 unspecified atom stereocenters. The van der Waals surface area contributed by atoms with E-state index in [4.69, 9.17) is 0 Å². The van der Waals surface area contributed by atoms with Gasteiger partial charge in [0.25, 0.3) is 5.91 Å². The van der Waals surface area contributed by atoms with Crippen LogP contribution in [0.25, 0.3) is 0 Å². The molecule has 1 heterocycles. The highest BCUT2D eigenvalue weighted by molar-refractivity contribution is 5.97. The molecule has 1 amide bonds. The van der Waals surface area contributed by atoms with Gasteiger partial charge < -0.3 is 0 Å². The first-order chi connectivity index (χ1) is 6.46. The van der Waals surface area contributed by atoms with Crippen LogP contribution >= 0.6 is 0 Å². The minimum atomic E-state index is -4.70. The van der Waals surface area contributed by atoms with Gasteiger partial charge in [-0.25, -0.2) is 15.0 Å². The predicted octanol–water partition coefficient (Wildman–Crippen LogP) is 1.34. The second-order valence-corrected chi connectivity index (χ2v) is 2.25. The number of rotatable bonds is 1. The summed E-state index contributed by atoms with van der Waals surface area (Å²) in [5.74, 6) is -1.10. The molecule has 0 spiro atoms. The van der Waals surface area contributed by atoms with E-state index in [0.717, 1.165) is 6.20 Å². The number of nitrogens with zero attached hydrogens (tertiary/aromatic N) is 3. The second-order valence-electron chi connectivity index (χ2n) is 2.25. The van der Waals surface area contributed by atoms with Crippen LogP contribution in [0.2, 0.25) is 0 Å². The highest BCUT2D eigenvalue weighted by Crippen LogP contribution is 2.29. The second kappa shape index (κ2) is 3.52. The van der Waals surface area contributed by atoms with E-state index >= 15 is 0 Å². The lowest BCUT2D eigenvalue weighted by molar-refractivity contribution is -0.141. The molecule has 0 aliphatic rings. The molecule has 0 fully saturated rings. The summed E-state index contributed by atoms with van der Waals surface area (Å²) >= 11 is 0. The third kappa shape index (κ3) is 1.93. The third-order valence-electron chi connectivity index (χ3n) is 1.35. The number of amides is 1. The van der Waals surface area contributed by atoms with Crippen LogP contribution in [0.4, 0.5) is 13.2 Å². The van der Waals surface area contributed by atoms with Gasteiger partial charge in [0.15, 0.2) is 5.69 Å². The van der Waals surface area contributed by atoms with Gasteiger partial charge in [0.2, 0.25) is 0 Å². The van der Waals surface area contributed by atoms with Crippen molar-refractivity contribution >= 4 is 12.6 Å². The number of alkyl halides is 3. The molecule has 7 heteroatoms. The minimum absolute atomic E-state index is 0.699. The normalized spacial score (nSPS) is 11.1. The molecule has 0 radical (unpaired) electrons. The predicted molar refractivity (Wildman–Crippen MR) is 40.9 cm³/mol. The fourth-order valence-electron chi connectivity index (χ4n) is 0.797. The van der Waals surface area contributed by atoms with Crippen LogP contribution in [0, 0.1) is 0 Å². The molecular formula is C7H4F3N3O. The Morgan fingerprint density at radius 1 is 1.50 bits per heavy atom. The average Bonchev–Trinajstić information content (AvgIpc) is 2.15. The molecule has 0 aliphatic carbocycles. The lowest BCUT2D eigenvalue weighted by Gasteiger charge is -2.07. The van der Waals surface area contributed by atoms with E-state index in [0.29, 0.717) is 6.33 Å². The van der Waals surface area contributed by atoms with Crippen LogP contribution in [0.5, 0.6) is 0 Å². The van der Waals surface area contributed by atoms with Gasteiger partial charge in [-0.3, -0.25) is 4.79 Å². The first kappa shape index (κ1) is 10.3. The summed E-state index contributed by atoms with van der Waals surface area (Å²) in [6.45, 7) is 2.84. The maximum atomic E-state index is 12.2. The van der Waals surface area contributed by atoms with E-state index in [-0.39, 0.29) is 0 Å². The molecule has 1 aromatic rings. The topological polar surface area (TPSA) is 55.2 Å². The molecule has 0 aromatic carbocycles. The summed E-state index contributed by atoms with van der Waals surface area (Å²) in [6, 6.07) is 0. The molecule has 0 aliphatic heterocycles. The van der Waals surface area contributed by atoms with Crippen molar-refractivity contribution in [2.45, 2.75) is 6.18 Å². The van der Waals surface area contributed by atoms with Crippen molar-refractivity contribution < 1.29 is 18.0 Å². The largest absolute Gasteiger partial charge is 0.434 e. The van der Waals surface area contributed by atoms with Gasteiger partial charge in [-0.05, 0) is 6.72 Å². The zero-order valence-electron chi connectivity index (χ0n) is 6.75. The van der Waals surface area contributed by atoms with E-state index < -0.39 is 23.3 Å². The Balaban J connectivity index is 3.30. The zero-order valence-corrected chi connectivity index (χ0v) is 6.75. The van der Waals surface area contributed by atoms with Gasteiger partial charge in [0, 0.05) is 6.20 Å². The van der Waals surface area contributed by atoms with Crippen LogP contribution in [-0.4, -0.2) is 22.6 Å². The van der Waals surface area contributed by atoms with Gasteiger partial charge >= 0.3 is 6.18 Å². The standard InChI is InChI=1S/C7H4F3N3O/c1-11-6(14)4-2-12-3-13-5(4)7(8,9)10/h2-3H,1H2. The molecule has 74 valence electrons. The molecule has 0 bridgehead atoms. The molecule has 1 aromatic heterocycles. The van der Waals surface area contributed by atoms with Crippen molar-refractivity contribution in [2.24, 2.45) is 4.99 Å². The van der Waals surface area contributed by atoms with Gasteiger partial charge in [0.05, 0.1) is 5.56 Å².